The molecule has 0 radical (unpaired) electrons. The van der Waals surface area contributed by atoms with Crippen molar-refractivity contribution in [2.45, 2.75) is 66.7 Å². The molecule has 0 saturated carbocycles. The van der Waals surface area contributed by atoms with Crippen molar-refractivity contribution in [2.75, 3.05) is 6.26 Å². The Morgan fingerprint density at radius 1 is 0.329 bits per heavy atom. The zero-order valence-electron chi connectivity index (χ0n) is 43.5. The maximum Gasteiger partial charge on any atom is 0.150 e. The predicted octanol–water partition coefficient (Wildman–Crippen LogP) is 19.9. The van der Waals surface area contributed by atoms with Crippen LogP contribution in [0, 0.1) is 62.3 Å². The zero-order valence-corrected chi connectivity index (χ0v) is 50.8. The first-order valence-electron chi connectivity index (χ1n) is 23.9. The molecule has 14 rings (SSSR count). The zero-order chi connectivity index (χ0) is 53.9. The first-order chi connectivity index (χ1) is 36.5. The number of aryl methyl sites for hydroxylation is 9. The molecule has 0 aliphatic carbocycles. The summed E-state index contributed by atoms with van der Waals surface area (Å²) in [5.41, 5.74) is 11.4. The van der Waals surface area contributed by atoms with Crippen molar-refractivity contribution in [1.29, 1.82) is 0 Å². The highest BCUT2D eigenvalue weighted by molar-refractivity contribution is 8.00. The monoisotopic (exact) mass is 1170 g/mol. The minimum Gasteiger partial charge on any atom is -0.508 e. The summed E-state index contributed by atoms with van der Waals surface area (Å²) in [5.74, 6) is 0.280. The van der Waals surface area contributed by atoms with Crippen LogP contribution in [0.25, 0.3) is 71.5 Å². The number of phenols is 1. The Hall–Kier alpha value is -5.79. The maximum atomic E-state index is 9.10. The summed E-state index contributed by atoms with van der Waals surface area (Å²) in [5, 5.41) is 16.5. The van der Waals surface area contributed by atoms with E-state index in [1.807, 2.05) is 102 Å². The standard InChI is InChI=1S/3C9H9NS.C8H6ClNS.C8H7NOS.C8H7NS2.C8H7NS/c2*1-6-3-4-9-8(5-6)10-7(2)11-9;1-6-3-4-8-9(5-6)11-7(2)10-8;1-5-10-7-4-6(9)2-3-8(7)11-5;1-5-9-7-4-6(10)2-3-8(7)11-5;1-10-8-9-6-4-2-3-5-7(6)11-8;1-6-9-7-4-2-3-5-8(7)10-6/h3*3-5H,1-2H3;2-4H,1H3;2-4,10H,1H3;2-5H,1H3;2-5H,1H3. The highest BCUT2D eigenvalue weighted by Crippen LogP contribution is 2.29. The van der Waals surface area contributed by atoms with Crippen molar-refractivity contribution in [3.05, 3.63) is 191 Å². The molecule has 76 heavy (non-hydrogen) atoms. The fourth-order valence-electron chi connectivity index (χ4n) is 7.42. The molecule has 0 atom stereocenters. The third-order valence-corrected chi connectivity index (χ3v) is 18.7. The number of para-hydroxylation sites is 2. The van der Waals surface area contributed by atoms with Gasteiger partial charge >= 0.3 is 0 Å². The number of phenolic OH excluding ortho intramolecular Hbond substituents is 1. The largest absolute Gasteiger partial charge is 0.508 e. The maximum absolute atomic E-state index is 9.10. The molecule has 0 unspecified atom stereocenters. The molecular formula is C59H54ClN7OS8. The first-order valence-corrected chi connectivity index (χ1v) is 31.2. The number of aromatic nitrogens is 7. The molecule has 0 bridgehead atoms. The summed E-state index contributed by atoms with van der Waals surface area (Å²) in [6, 6.07) is 46.6. The summed E-state index contributed by atoms with van der Waals surface area (Å²) in [4.78, 5) is 30.4. The number of thiazole rings is 7. The van der Waals surface area contributed by atoms with Crippen LogP contribution in [0.1, 0.15) is 46.7 Å². The van der Waals surface area contributed by atoms with Crippen LogP contribution < -0.4 is 0 Å². The van der Waals surface area contributed by atoms with Crippen molar-refractivity contribution in [2.24, 2.45) is 0 Å². The van der Waals surface area contributed by atoms with Gasteiger partial charge in [-0.2, -0.15) is 0 Å². The smallest absolute Gasteiger partial charge is 0.150 e. The number of fused-ring (bicyclic) bond motifs is 7. The molecule has 0 spiro atoms. The second kappa shape index (κ2) is 26.5. The number of thioether (sulfide) groups is 1. The number of nitrogens with zero attached hydrogens (tertiary/aromatic N) is 7. The van der Waals surface area contributed by atoms with Gasteiger partial charge in [0.1, 0.15) is 5.75 Å². The van der Waals surface area contributed by atoms with Gasteiger partial charge in [-0.3, -0.25) is 0 Å². The molecule has 386 valence electrons. The average Bonchev–Trinajstić information content (AvgIpc) is 4.27. The molecular weight excluding hydrogens is 1110 g/mol. The van der Waals surface area contributed by atoms with Crippen LogP contribution in [0.3, 0.4) is 0 Å². The fourth-order valence-corrected chi connectivity index (χ4v) is 14.1. The predicted molar refractivity (Wildman–Crippen MR) is 338 cm³/mol. The molecule has 7 heterocycles. The van der Waals surface area contributed by atoms with Gasteiger partial charge in [-0.1, -0.05) is 65.8 Å². The lowest BCUT2D eigenvalue weighted by molar-refractivity contribution is 0.476. The molecule has 0 fully saturated rings. The van der Waals surface area contributed by atoms with Gasteiger partial charge in [0.2, 0.25) is 0 Å². The van der Waals surface area contributed by atoms with E-state index in [0.29, 0.717) is 0 Å². The fraction of sp³-hybridized carbons (Fsp3) is 0.169. The molecule has 7 aromatic carbocycles. The highest BCUT2D eigenvalue weighted by Gasteiger charge is 2.04. The molecule has 7 aromatic heterocycles. The van der Waals surface area contributed by atoms with E-state index in [-0.39, 0.29) is 5.75 Å². The Kier molecular flexibility index (Phi) is 19.7. The van der Waals surface area contributed by atoms with Crippen LogP contribution in [0.15, 0.2) is 144 Å². The number of halogens is 1. The van der Waals surface area contributed by atoms with E-state index in [2.05, 4.69) is 129 Å². The minimum absolute atomic E-state index is 0.280. The second-order valence-electron chi connectivity index (χ2n) is 17.2. The summed E-state index contributed by atoms with van der Waals surface area (Å²) in [6.07, 6.45) is 2.05. The Morgan fingerprint density at radius 2 is 0.671 bits per heavy atom. The summed E-state index contributed by atoms with van der Waals surface area (Å²) >= 11 is 19.6. The van der Waals surface area contributed by atoms with Gasteiger partial charge in [-0.25, -0.2) is 34.9 Å². The first kappa shape index (κ1) is 56.4. The molecule has 1 N–H and O–H groups in total. The van der Waals surface area contributed by atoms with E-state index < -0.39 is 0 Å². The Balaban J connectivity index is 0.000000118. The third-order valence-electron chi connectivity index (χ3n) is 10.7. The lowest BCUT2D eigenvalue weighted by atomic mass is 10.2. The number of aromatic hydroxyl groups is 1. The SMILES string of the molecule is CSc1nc2ccccc2s1.Cc1ccc2nc(C)sc2c1.Cc1ccc2sc(C)nc2c1.Cc1ccc2sc(C)nc2c1.Cc1nc2cc(Cl)ccc2s1.Cc1nc2cc(O)ccc2s1.Cc1nc2ccccc2s1. The van der Waals surface area contributed by atoms with Crippen molar-refractivity contribution >= 4 is 174 Å². The summed E-state index contributed by atoms with van der Waals surface area (Å²) in [7, 11) is 0. The molecule has 0 aliphatic rings. The lowest BCUT2D eigenvalue weighted by Gasteiger charge is -1.88. The Bertz CT molecular complexity index is 3670. The van der Waals surface area contributed by atoms with E-state index >= 15 is 0 Å². The van der Waals surface area contributed by atoms with Crippen LogP contribution in [0.2, 0.25) is 5.02 Å². The highest BCUT2D eigenvalue weighted by atomic mass is 35.5. The van der Waals surface area contributed by atoms with Gasteiger partial charge in [0.05, 0.1) is 102 Å². The van der Waals surface area contributed by atoms with Gasteiger partial charge in [0.25, 0.3) is 0 Å². The normalized spacial score (nSPS) is 10.7. The van der Waals surface area contributed by atoms with Gasteiger partial charge < -0.3 is 5.11 Å². The summed E-state index contributed by atoms with van der Waals surface area (Å²) in [6.45, 7) is 18.4. The van der Waals surface area contributed by atoms with Gasteiger partial charge in [0.15, 0.2) is 4.34 Å². The van der Waals surface area contributed by atoms with Gasteiger partial charge in [-0.05, 0) is 176 Å². The average molecular weight is 1170 g/mol. The van der Waals surface area contributed by atoms with Crippen molar-refractivity contribution in [1.82, 2.24) is 34.9 Å². The van der Waals surface area contributed by atoms with Crippen LogP contribution in [0.5, 0.6) is 5.75 Å². The topological polar surface area (TPSA) is 110 Å². The molecule has 0 saturated heterocycles. The number of benzene rings is 7. The lowest BCUT2D eigenvalue weighted by Crippen LogP contribution is -1.71. The molecule has 14 aromatic rings. The third kappa shape index (κ3) is 15.9. The van der Waals surface area contributed by atoms with Gasteiger partial charge in [-0.15, -0.1) is 79.4 Å². The molecule has 8 nitrogen and oxygen atoms in total. The Morgan fingerprint density at radius 3 is 1.14 bits per heavy atom. The van der Waals surface area contributed by atoms with Crippen LogP contribution >= 0.6 is 103 Å². The number of hydrogen-bond acceptors (Lipinski definition) is 16. The molecule has 17 heteroatoms. The van der Waals surface area contributed by atoms with Crippen molar-refractivity contribution in [3.63, 3.8) is 0 Å². The molecule has 0 aliphatic heterocycles. The van der Waals surface area contributed by atoms with E-state index in [0.717, 1.165) is 82.7 Å². The van der Waals surface area contributed by atoms with Crippen LogP contribution in [0.4, 0.5) is 0 Å². The Labute approximate surface area is 479 Å². The number of hydrogen-bond donors (Lipinski definition) is 1. The van der Waals surface area contributed by atoms with Crippen molar-refractivity contribution in [3.8, 4) is 5.75 Å². The van der Waals surface area contributed by atoms with E-state index in [1.165, 1.54) is 44.9 Å². The van der Waals surface area contributed by atoms with Crippen molar-refractivity contribution < 1.29 is 5.11 Å². The van der Waals surface area contributed by atoms with E-state index in [4.69, 9.17) is 16.7 Å². The molecule has 0 amide bonds. The van der Waals surface area contributed by atoms with E-state index in [1.54, 1.807) is 103 Å². The minimum atomic E-state index is 0.280. The van der Waals surface area contributed by atoms with Gasteiger partial charge in [0, 0.05) is 11.1 Å². The quantitative estimate of drug-likeness (QED) is 0.161. The van der Waals surface area contributed by atoms with Crippen LogP contribution in [-0.2, 0) is 0 Å². The number of rotatable bonds is 1. The van der Waals surface area contributed by atoms with Crippen LogP contribution in [-0.4, -0.2) is 46.3 Å². The van der Waals surface area contributed by atoms with E-state index in [9.17, 15) is 0 Å². The summed E-state index contributed by atoms with van der Waals surface area (Å²) < 4.78 is 9.89. The second-order valence-corrected chi connectivity index (χ2v) is 27.1.